The molecule has 1 aromatic heterocycles. The molecule has 0 aliphatic heterocycles. The Morgan fingerprint density at radius 3 is 2.61 bits per heavy atom. The maximum absolute atomic E-state index is 12.0. The van der Waals surface area contributed by atoms with Gasteiger partial charge in [0.2, 0.25) is 5.91 Å². The van der Waals surface area contributed by atoms with Crippen molar-refractivity contribution in [3.63, 3.8) is 0 Å². The third-order valence-corrected chi connectivity index (χ3v) is 3.68. The maximum atomic E-state index is 12.0. The number of nitrogens with one attached hydrogen (secondary N) is 2. The number of carbonyl (C=O) groups excluding carboxylic acids is 2. The van der Waals surface area contributed by atoms with Crippen molar-refractivity contribution in [3.05, 3.63) is 34.0 Å². The lowest BCUT2D eigenvalue weighted by atomic mass is 10.3. The van der Waals surface area contributed by atoms with Crippen molar-refractivity contribution in [2.45, 2.75) is 12.7 Å². The molecule has 3 amide bonds. The Kier molecular flexibility index (Phi) is 7.53. The van der Waals surface area contributed by atoms with Crippen molar-refractivity contribution in [2.24, 2.45) is 0 Å². The van der Waals surface area contributed by atoms with Crippen LogP contribution in [0.15, 0.2) is 24.8 Å². The van der Waals surface area contributed by atoms with Gasteiger partial charge in [-0.05, 0) is 12.1 Å². The molecule has 5 nitrogen and oxygen atoms in total. The van der Waals surface area contributed by atoms with E-state index in [0.29, 0.717) is 17.4 Å². The first-order valence-electron chi connectivity index (χ1n) is 6.41. The fraction of sp³-hybridized carbons (Fsp3) is 0.385. The highest BCUT2D eigenvalue weighted by atomic mass is 35.5. The highest BCUT2D eigenvalue weighted by Gasteiger charge is 2.28. The number of hydrogen-bond acceptors (Lipinski definition) is 4. The number of carbonyl (C=O) groups is 2. The van der Waals surface area contributed by atoms with Crippen LogP contribution in [0.3, 0.4) is 0 Å². The molecule has 0 saturated carbocycles. The Labute approximate surface area is 140 Å². The van der Waals surface area contributed by atoms with Crippen molar-refractivity contribution >= 4 is 34.9 Å². The predicted octanol–water partition coefficient (Wildman–Crippen LogP) is 2.78. The summed E-state index contributed by atoms with van der Waals surface area (Å²) in [6, 6.07) is 2.33. The van der Waals surface area contributed by atoms with Gasteiger partial charge in [0.1, 0.15) is 6.54 Å². The van der Waals surface area contributed by atoms with E-state index in [4.69, 9.17) is 11.6 Å². The molecule has 2 N–H and O–H groups in total. The van der Waals surface area contributed by atoms with Crippen LogP contribution >= 0.6 is 22.9 Å². The molecule has 1 heterocycles. The van der Waals surface area contributed by atoms with Gasteiger partial charge >= 0.3 is 12.2 Å². The lowest BCUT2D eigenvalue weighted by Crippen LogP contribution is -2.46. The Morgan fingerprint density at radius 1 is 1.39 bits per heavy atom. The fourth-order valence-electron chi connectivity index (χ4n) is 1.62. The molecule has 1 rings (SSSR count). The molecule has 0 aliphatic rings. The number of imide groups is 1. The number of halogens is 4. The largest absolute Gasteiger partial charge is 0.405 e. The standard InChI is InChI=1S/C13H15ClF3N3O2S/c1-2-5-20(6-9-3-4-10(14)23-9)7-11(21)19-12(22)18-8-13(15,16)17/h2-4H,1,5-8H2,(H2,18,19,21,22). The smallest absolute Gasteiger partial charge is 0.329 e. The topological polar surface area (TPSA) is 61.4 Å². The van der Waals surface area contributed by atoms with E-state index < -0.39 is 24.7 Å². The van der Waals surface area contributed by atoms with Crippen molar-refractivity contribution in [2.75, 3.05) is 19.6 Å². The van der Waals surface area contributed by atoms with E-state index in [2.05, 4.69) is 6.58 Å². The highest BCUT2D eigenvalue weighted by Crippen LogP contribution is 2.22. The molecule has 0 aliphatic carbocycles. The summed E-state index contributed by atoms with van der Waals surface area (Å²) in [5, 5.41) is 3.41. The van der Waals surface area contributed by atoms with Gasteiger partial charge in [-0.2, -0.15) is 13.2 Å². The van der Waals surface area contributed by atoms with Crippen molar-refractivity contribution in [1.82, 2.24) is 15.5 Å². The molecule has 0 radical (unpaired) electrons. The fourth-order valence-corrected chi connectivity index (χ4v) is 2.75. The number of alkyl halides is 3. The Morgan fingerprint density at radius 2 is 2.09 bits per heavy atom. The third-order valence-electron chi connectivity index (χ3n) is 2.47. The Bertz CT molecular complexity index is 563. The maximum Gasteiger partial charge on any atom is 0.405 e. The summed E-state index contributed by atoms with van der Waals surface area (Å²) in [4.78, 5) is 25.5. The second-order valence-electron chi connectivity index (χ2n) is 4.51. The van der Waals surface area contributed by atoms with Gasteiger partial charge in [-0.3, -0.25) is 15.0 Å². The summed E-state index contributed by atoms with van der Waals surface area (Å²) in [7, 11) is 0. The quantitative estimate of drug-likeness (QED) is 0.726. The Balaban J connectivity index is 2.47. The minimum Gasteiger partial charge on any atom is -0.329 e. The van der Waals surface area contributed by atoms with E-state index in [0.717, 1.165) is 4.88 Å². The summed E-state index contributed by atoms with van der Waals surface area (Å²) >= 11 is 7.17. The van der Waals surface area contributed by atoms with Gasteiger partial charge in [0, 0.05) is 18.0 Å². The van der Waals surface area contributed by atoms with Crippen LogP contribution in [0, 0.1) is 0 Å². The molecule has 0 aromatic carbocycles. The lowest BCUT2D eigenvalue weighted by Gasteiger charge is -2.19. The molecule has 128 valence electrons. The number of amides is 3. The first kappa shape index (κ1) is 19.5. The van der Waals surface area contributed by atoms with E-state index >= 15 is 0 Å². The molecular formula is C13H15ClF3N3O2S. The molecule has 0 bridgehead atoms. The van der Waals surface area contributed by atoms with Crippen LogP contribution in [0.4, 0.5) is 18.0 Å². The van der Waals surface area contributed by atoms with E-state index in [1.165, 1.54) is 11.3 Å². The van der Waals surface area contributed by atoms with Crippen LogP contribution in [0.1, 0.15) is 4.88 Å². The number of urea groups is 1. The second kappa shape index (κ2) is 8.90. The number of rotatable bonds is 7. The van der Waals surface area contributed by atoms with Gasteiger partial charge in [0.25, 0.3) is 0 Å². The van der Waals surface area contributed by atoms with Crippen molar-refractivity contribution in [1.29, 1.82) is 0 Å². The predicted molar refractivity (Wildman–Crippen MR) is 82.4 cm³/mol. The van der Waals surface area contributed by atoms with Gasteiger partial charge in [-0.1, -0.05) is 17.7 Å². The Hall–Kier alpha value is -1.58. The van der Waals surface area contributed by atoms with Gasteiger partial charge in [0.05, 0.1) is 10.9 Å². The summed E-state index contributed by atoms with van der Waals surface area (Å²) in [5.74, 6) is -0.714. The zero-order valence-corrected chi connectivity index (χ0v) is 13.5. The van der Waals surface area contributed by atoms with Gasteiger partial charge in [-0.15, -0.1) is 17.9 Å². The zero-order valence-electron chi connectivity index (χ0n) is 12.0. The molecule has 10 heteroatoms. The van der Waals surface area contributed by atoms with Crippen LogP contribution in [0.25, 0.3) is 0 Å². The molecule has 0 atom stereocenters. The normalized spacial score (nSPS) is 11.3. The van der Waals surface area contributed by atoms with Crippen molar-refractivity contribution < 1.29 is 22.8 Å². The first-order chi connectivity index (χ1) is 10.7. The summed E-state index contributed by atoms with van der Waals surface area (Å²) < 4.78 is 36.5. The third kappa shape index (κ3) is 8.58. The molecular weight excluding hydrogens is 355 g/mol. The van der Waals surface area contributed by atoms with E-state index in [-0.39, 0.29) is 6.54 Å². The van der Waals surface area contributed by atoms with E-state index in [1.807, 2.05) is 5.32 Å². The van der Waals surface area contributed by atoms with Crippen LogP contribution in [-0.2, 0) is 11.3 Å². The van der Waals surface area contributed by atoms with Crippen LogP contribution < -0.4 is 10.6 Å². The van der Waals surface area contributed by atoms with Gasteiger partial charge in [0.15, 0.2) is 0 Å². The van der Waals surface area contributed by atoms with Crippen LogP contribution in [-0.4, -0.2) is 42.6 Å². The van der Waals surface area contributed by atoms with Crippen molar-refractivity contribution in [3.8, 4) is 0 Å². The van der Waals surface area contributed by atoms with E-state index in [1.54, 1.807) is 28.4 Å². The summed E-state index contributed by atoms with van der Waals surface area (Å²) in [6.07, 6.45) is -2.96. The SMILES string of the molecule is C=CCN(CC(=O)NC(=O)NCC(F)(F)F)Cc1ccc(Cl)s1. The molecule has 23 heavy (non-hydrogen) atoms. The average molecular weight is 370 g/mol. The number of hydrogen-bond donors (Lipinski definition) is 2. The van der Waals surface area contributed by atoms with Crippen LogP contribution in [0.2, 0.25) is 4.34 Å². The summed E-state index contributed by atoms with van der Waals surface area (Å²) in [5.41, 5.74) is 0. The van der Waals surface area contributed by atoms with Gasteiger partial charge < -0.3 is 5.32 Å². The minimum absolute atomic E-state index is 0.166. The zero-order chi connectivity index (χ0) is 17.5. The van der Waals surface area contributed by atoms with Crippen LogP contribution in [0.5, 0.6) is 0 Å². The second-order valence-corrected chi connectivity index (χ2v) is 6.31. The average Bonchev–Trinajstić information content (AvgIpc) is 2.81. The first-order valence-corrected chi connectivity index (χ1v) is 7.61. The molecule has 0 spiro atoms. The number of nitrogens with zero attached hydrogens (tertiary/aromatic N) is 1. The highest BCUT2D eigenvalue weighted by molar-refractivity contribution is 7.16. The molecule has 0 fully saturated rings. The van der Waals surface area contributed by atoms with Gasteiger partial charge in [-0.25, -0.2) is 4.79 Å². The monoisotopic (exact) mass is 369 g/mol. The molecule has 0 unspecified atom stereocenters. The summed E-state index contributed by atoms with van der Waals surface area (Å²) in [6.45, 7) is 2.67. The number of thiophene rings is 1. The minimum atomic E-state index is -4.53. The molecule has 0 saturated heterocycles. The lowest BCUT2D eigenvalue weighted by molar-refractivity contribution is -0.125. The molecule has 1 aromatic rings. The van der Waals surface area contributed by atoms with E-state index in [9.17, 15) is 22.8 Å².